The number of pyridine rings is 2. The molecule has 196 valence electrons. The van der Waals surface area contributed by atoms with E-state index >= 15 is 0 Å². The lowest BCUT2D eigenvalue weighted by Crippen LogP contribution is -2.06. The van der Waals surface area contributed by atoms with Gasteiger partial charge in [-0.05, 0) is 54.4 Å². The number of halogens is 6. The number of para-hydroxylation sites is 2. The van der Waals surface area contributed by atoms with Gasteiger partial charge in [0.1, 0.15) is 0 Å². The second kappa shape index (κ2) is 8.74. The van der Waals surface area contributed by atoms with E-state index in [4.69, 9.17) is 0 Å². The van der Waals surface area contributed by atoms with E-state index < -0.39 is 23.5 Å². The smallest absolute Gasteiger partial charge is 0.353 e. The number of nitrogens with zero attached hydrogens (tertiary/aromatic N) is 2. The maximum Gasteiger partial charge on any atom is 0.418 e. The number of thiol groups is 1. The number of aromatic amines is 1. The van der Waals surface area contributed by atoms with Crippen LogP contribution in [0.25, 0.3) is 55.2 Å². The highest BCUT2D eigenvalue weighted by molar-refractivity contribution is 7.80. The Morgan fingerprint density at radius 1 is 0.821 bits per heavy atom. The Hall–Kier alpha value is -4.05. The van der Waals surface area contributed by atoms with Crippen molar-refractivity contribution < 1.29 is 26.3 Å². The number of hydrogen-bond acceptors (Lipinski definition) is 3. The fourth-order valence-corrected chi connectivity index (χ4v) is 5.22. The van der Waals surface area contributed by atoms with Crippen LogP contribution in [0.15, 0.2) is 77.8 Å². The zero-order valence-corrected chi connectivity index (χ0v) is 20.9. The standard InChI is InChI=1S/C29H17F6N3S/c1-14-9-17(28(30,31)32)13-36-25(14)27-24(18-6-2-3-8-21(18)37-27)19-11-16-10-15-5-4-7-20(29(33,34)35)26(15)38-22(16)12-23(19)39/h2-13,37,39H,1H3. The number of aryl methyl sites for hydroxylation is 1. The highest BCUT2D eigenvalue weighted by Gasteiger charge is 2.34. The van der Waals surface area contributed by atoms with Gasteiger partial charge in [0.05, 0.1) is 33.5 Å². The van der Waals surface area contributed by atoms with E-state index in [0.29, 0.717) is 49.3 Å². The summed E-state index contributed by atoms with van der Waals surface area (Å²) in [6.45, 7) is 1.56. The molecule has 6 aromatic rings. The van der Waals surface area contributed by atoms with Crippen LogP contribution in [0.2, 0.25) is 0 Å². The third-order valence-corrected chi connectivity index (χ3v) is 7.05. The number of H-pyrrole nitrogens is 1. The van der Waals surface area contributed by atoms with Crippen molar-refractivity contribution in [3.05, 3.63) is 89.6 Å². The molecule has 0 aliphatic carbocycles. The molecule has 0 amide bonds. The summed E-state index contributed by atoms with van der Waals surface area (Å²) in [6.07, 6.45) is -8.29. The van der Waals surface area contributed by atoms with Crippen molar-refractivity contribution >= 4 is 45.3 Å². The molecule has 0 aliphatic rings. The number of fused-ring (bicyclic) bond motifs is 3. The van der Waals surface area contributed by atoms with E-state index in [1.54, 1.807) is 31.2 Å². The summed E-state index contributed by atoms with van der Waals surface area (Å²) >= 11 is 4.66. The van der Waals surface area contributed by atoms with Crippen LogP contribution in [0.1, 0.15) is 16.7 Å². The average molecular weight is 554 g/mol. The van der Waals surface area contributed by atoms with Crippen LogP contribution < -0.4 is 0 Å². The van der Waals surface area contributed by atoms with Crippen LogP contribution >= 0.6 is 12.6 Å². The molecule has 0 fully saturated rings. The average Bonchev–Trinajstić information content (AvgIpc) is 3.24. The van der Waals surface area contributed by atoms with Crippen LogP contribution in [0.5, 0.6) is 0 Å². The zero-order valence-electron chi connectivity index (χ0n) is 20.0. The summed E-state index contributed by atoms with van der Waals surface area (Å²) in [5.74, 6) is 0. The predicted octanol–water partition coefficient (Wildman–Crippen LogP) is 9.23. The van der Waals surface area contributed by atoms with Crippen LogP contribution in [-0.4, -0.2) is 15.0 Å². The van der Waals surface area contributed by atoms with Crippen molar-refractivity contribution in [1.82, 2.24) is 15.0 Å². The van der Waals surface area contributed by atoms with Gasteiger partial charge in [-0.1, -0.05) is 30.3 Å². The number of nitrogens with one attached hydrogen (secondary N) is 1. The highest BCUT2D eigenvalue weighted by atomic mass is 32.1. The first kappa shape index (κ1) is 25.2. The van der Waals surface area contributed by atoms with E-state index in [0.717, 1.165) is 29.2 Å². The highest BCUT2D eigenvalue weighted by Crippen LogP contribution is 2.43. The van der Waals surface area contributed by atoms with Gasteiger partial charge in [0.2, 0.25) is 0 Å². The number of aromatic nitrogens is 3. The minimum atomic E-state index is -4.56. The molecular weight excluding hydrogens is 536 g/mol. The molecule has 0 aliphatic heterocycles. The van der Waals surface area contributed by atoms with E-state index in [1.807, 2.05) is 24.3 Å². The van der Waals surface area contributed by atoms with Gasteiger partial charge in [0, 0.05) is 38.3 Å². The van der Waals surface area contributed by atoms with Gasteiger partial charge in [-0.2, -0.15) is 26.3 Å². The van der Waals surface area contributed by atoms with E-state index in [9.17, 15) is 26.3 Å². The monoisotopic (exact) mass is 553 g/mol. The maximum atomic E-state index is 13.6. The van der Waals surface area contributed by atoms with Crippen molar-refractivity contribution in [2.24, 2.45) is 0 Å². The van der Waals surface area contributed by atoms with Gasteiger partial charge < -0.3 is 4.98 Å². The summed E-state index contributed by atoms with van der Waals surface area (Å²) in [6, 6.07) is 17.3. The zero-order chi connectivity index (χ0) is 27.7. The molecule has 0 unspecified atom stereocenters. The number of rotatable bonds is 2. The Labute approximate surface area is 222 Å². The van der Waals surface area contributed by atoms with Gasteiger partial charge in [-0.3, -0.25) is 4.98 Å². The van der Waals surface area contributed by atoms with Crippen molar-refractivity contribution in [3.8, 4) is 22.5 Å². The Bertz CT molecular complexity index is 1920. The topological polar surface area (TPSA) is 41.6 Å². The van der Waals surface area contributed by atoms with Gasteiger partial charge in [-0.15, -0.1) is 12.6 Å². The Balaban J connectivity index is 1.61. The Kier molecular flexibility index (Phi) is 5.65. The molecule has 3 aromatic heterocycles. The van der Waals surface area contributed by atoms with E-state index in [-0.39, 0.29) is 5.52 Å². The molecule has 0 atom stereocenters. The first-order valence-electron chi connectivity index (χ1n) is 11.7. The summed E-state index contributed by atoms with van der Waals surface area (Å²) in [5.41, 5.74) is 1.71. The lowest BCUT2D eigenvalue weighted by molar-refractivity contribution is -0.138. The molecule has 39 heavy (non-hydrogen) atoms. The number of alkyl halides is 6. The summed E-state index contributed by atoms with van der Waals surface area (Å²) in [7, 11) is 0. The number of benzene rings is 3. The van der Waals surface area contributed by atoms with Gasteiger partial charge >= 0.3 is 12.4 Å². The van der Waals surface area contributed by atoms with Gasteiger partial charge in [0.15, 0.2) is 0 Å². The largest absolute Gasteiger partial charge is 0.418 e. The molecule has 3 heterocycles. The third kappa shape index (κ3) is 4.28. The van der Waals surface area contributed by atoms with Crippen LogP contribution in [0, 0.1) is 6.92 Å². The third-order valence-electron chi connectivity index (χ3n) is 6.68. The SMILES string of the molecule is Cc1cc(C(F)(F)F)cnc1-c1[nH]c2ccccc2c1-c1cc2cc3cccc(C(F)(F)F)c3nc2cc1S. The molecule has 0 spiro atoms. The molecule has 6 rings (SSSR count). The van der Waals surface area contributed by atoms with Crippen LogP contribution in [0.4, 0.5) is 26.3 Å². The molecule has 0 saturated carbocycles. The Morgan fingerprint density at radius 2 is 1.59 bits per heavy atom. The maximum absolute atomic E-state index is 13.6. The lowest BCUT2D eigenvalue weighted by Gasteiger charge is -2.14. The first-order chi connectivity index (χ1) is 18.4. The van der Waals surface area contributed by atoms with Crippen LogP contribution in [0.3, 0.4) is 0 Å². The van der Waals surface area contributed by atoms with Crippen molar-refractivity contribution in [2.75, 3.05) is 0 Å². The summed E-state index contributed by atoms with van der Waals surface area (Å²) in [5, 5.41) is 1.70. The first-order valence-corrected chi connectivity index (χ1v) is 12.2. The molecule has 0 radical (unpaired) electrons. The molecule has 10 heteroatoms. The van der Waals surface area contributed by atoms with Crippen molar-refractivity contribution in [3.63, 3.8) is 0 Å². The molecule has 3 nitrogen and oxygen atoms in total. The minimum Gasteiger partial charge on any atom is -0.353 e. The van der Waals surface area contributed by atoms with E-state index in [1.165, 1.54) is 6.07 Å². The number of hydrogen-bond donors (Lipinski definition) is 2. The molecular formula is C29H17F6N3S. The second-order valence-electron chi connectivity index (χ2n) is 9.23. The molecule has 0 bridgehead atoms. The van der Waals surface area contributed by atoms with Crippen LogP contribution in [-0.2, 0) is 12.4 Å². The normalized spacial score (nSPS) is 12.6. The van der Waals surface area contributed by atoms with E-state index in [2.05, 4.69) is 27.6 Å². The van der Waals surface area contributed by atoms with Gasteiger partial charge in [-0.25, -0.2) is 4.98 Å². The van der Waals surface area contributed by atoms with Gasteiger partial charge in [0.25, 0.3) is 0 Å². The Morgan fingerprint density at radius 3 is 2.31 bits per heavy atom. The predicted molar refractivity (Wildman–Crippen MR) is 142 cm³/mol. The van der Waals surface area contributed by atoms with Crippen molar-refractivity contribution in [2.45, 2.75) is 24.2 Å². The van der Waals surface area contributed by atoms with Crippen molar-refractivity contribution in [1.29, 1.82) is 0 Å². The molecule has 0 saturated heterocycles. The molecule has 3 aromatic carbocycles. The lowest BCUT2D eigenvalue weighted by atomic mass is 9.96. The summed E-state index contributed by atoms with van der Waals surface area (Å²) in [4.78, 5) is 12.2. The quantitative estimate of drug-likeness (QED) is 0.128. The minimum absolute atomic E-state index is 0.157. The fourth-order valence-electron chi connectivity index (χ4n) is 4.92. The fraction of sp³-hybridized carbons (Fsp3) is 0.103. The summed E-state index contributed by atoms with van der Waals surface area (Å²) < 4.78 is 80.7. The second-order valence-corrected chi connectivity index (χ2v) is 9.72. The molecule has 1 N–H and O–H groups in total.